The summed E-state index contributed by atoms with van der Waals surface area (Å²) in [6, 6.07) is 5.48. The summed E-state index contributed by atoms with van der Waals surface area (Å²) < 4.78 is 10.2. The molecule has 4 rings (SSSR count). The maximum Gasteiger partial charge on any atom is 0.273 e. The smallest absolute Gasteiger partial charge is 0.273 e. The second-order valence-corrected chi connectivity index (χ2v) is 7.01. The van der Waals surface area contributed by atoms with Crippen molar-refractivity contribution in [3.63, 3.8) is 0 Å². The number of rotatable bonds is 5. The van der Waals surface area contributed by atoms with Crippen LogP contribution >= 0.6 is 0 Å². The Kier molecular flexibility index (Phi) is 5.05. The van der Waals surface area contributed by atoms with Crippen molar-refractivity contribution in [1.29, 1.82) is 0 Å². The topological polar surface area (TPSA) is 110 Å². The molecule has 1 aliphatic heterocycles. The van der Waals surface area contributed by atoms with Crippen LogP contribution in [-0.2, 0) is 0 Å². The van der Waals surface area contributed by atoms with E-state index in [0.29, 0.717) is 35.6 Å². The zero-order valence-corrected chi connectivity index (χ0v) is 15.9. The van der Waals surface area contributed by atoms with Crippen molar-refractivity contribution in [3.05, 3.63) is 41.7 Å². The lowest BCUT2D eigenvalue weighted by atomic mass is 9.96. The van der Waals surface area contributed by atoms with E-state index >= 15 is 0 Å². The minimum absolute atomic E-state index is 0.191. The van der Waals surface area contributed by atoms with Crippen molar-refractivity contribution in [1.82, 2.24) is 25.6 Å². The van der Waals surface area contributed by atoms with E-state index < -0.39 is 0 Å². The molecule has 4 heterocycles. The lowest BCUT2D eigenvalue weighted by Crippen LogP contribution is -2.39. The van der Waals surface area contributed by atoms with Gasteiger partial charge >= 0.3 is 0 Å². The first-order chi connectivity index (χ1) is 13.6. The van der Waals surface area contributed by atoms with E-state index in [4.69, 9.17) is 9.05 Å². The van der Waals surface area contributed by atoms with Crippen LogP contribution in [0.2, 0.25) is 0 Å². The quantitative estimate of drug-likeness (QED) is 0.716. The van der Waals surface area contributed by atoms with Crippen LogP contribution in [0.25, 0.3) is 11.5 Å². The number of aromatic nitrogens is 4. The Balaban J connectivity index is 1.31. The molecule has 1 amide bonds. The summed E-state index contributed by atoms with van der Waals surface area (Å²) in [4.78, 5) is 23.1. The minimum Gasteiger partial charge on any atom is -0.361 e. The van der Waals surface area contributed by atoms with Gasteiger partial charge in [-0.1, -0.05) is 10.3 Å². The summed E-state index contributed by atoms with van der Waals surface area (Å²) in [6.07, 6.45) is 3.71. The third kappa shape index (κ3) is 4.03. The Morgan fingerprint density at radius 1 is 1.21 bits per heavy atom. The summed E-state index contributed by atoms with van der Waals surface area (Å²) >= 11 is 0. The van der Waals surface area contributed by atoms with Gasteiger partial charge in [0.1, 0.15) is 11.6 Å². The van der Waals surface area contributed by atoms with Crippen LogP contribution in [0.1, 0.15) is 34.9 Å². The standard InChI is InChI=1S/C19H22N6O3/c1-12-9-16(24-27-12)18(26)21-11-14-4-7-25(8-5-14)17-10-15(3-6-20-17)19-22-13(2)23-28-19/h3,6,9-10,14H,4-5,7-8,11H2,1-2H3,(H,21,26). The first-order valence-corrected chi connectivity index (χ1v) is 9.31. The molecule has 9 heteroatoms. The number of pyridine rings is 1. The van der Waals surface area contributed by atoms with Gasteiger partial charge in [-0.3, -0.25) is 4.79 Å². The average molecular weight is 382 g/mol. The molecular weight excluding hydrogens is 360 g/mol. The molecule has 1 aliphatic rings. The fourth-order valence-corrected chi connectivity index (χ4v) is 3.31. The molecule has 0 unspecified atom stereocenters. The molecule has 1 N–H and O–H groups in total. The summed E-state index contributed by atoms with van der Waals surface area (Å²) in [5.74, 6) is 2.87. The third-order valence-corrected chi connectivity index (χ3v) is 4.87. The van der Waals surface area contributed by atoms with Crippen molar-refractivity contribution < 1.29 is 13.8 Å². The van der Waals surface area contributed by atoms with Crippen LogP contribution in [0.15, 0.2) is 33.4 Å². The van der Waals surface area contributed by atoms with Crippen LogP contribution in [0.4, 0.5) is 5.82 Å². The SMILES string of the molecule is Cc1noc(-c2ccnc(N3CCC(CNC(=O)c4cc(C)on4)CC3)c2)n1. The molecule has 1 saturated heterocycles. The number of aryl methyl sites for hydroxylation is 2. The Bertz CT molecular complexity index is 958. The van der Waals surface area contributed by atoms with E-state index in [0.717, 1.165) is 37.3 Å². The van der Waals surface area contributed by atoms with Gasteiger partial charge in [0.25, 0.3) is 11.8 Å². The predicted octanol–water partition coefficient (Wildman–Crippen LogP) is 2.38. The number of carbonyl (C=O) groups is 1. The molecule has 0 aliphatic carbocycles. The van der Waals surface area contributed by atoms with Crippen molar-refractivity contribution in [3.8, 4) is 11.5 Å². The number of hydrogen-bond donors (Lipinski definition) is 1. The fourth-order valence-electron chi connectivity index (χ4n) is 3.31. The van der Waals surface area contributed by atoms with Gasteiger partial charge in [-0.15, -0.1) is 0 Å². The van der Waals surface area contributed by atoms with E-state index in [1.807, 2.05) is 12.1 Å². The number of piperidine rings is 1. The Morgan fingerprint density at radius 2 is 2.04 bits per heavy atom. The van der Waals surface area contributed by atoms with Crippen LogP contribution in [0, 0.1) is 19.8 Å². The Labute approximate surface area is 162 Å². The van der Waals surface area contributed by atoms with Gasteiger partial charge in [0.2, 0.25) is 0 Å². The van der Waals surface area contributed by atoms with Crippen LogP contribution in [0.3, 0.4) is 0 Å². The lowest BCUT2D eigenvalue weighted by Gasteiger charge is -2.32. The molecule has 0 bridgehead atoms. The highest BCUT2D eigenvalue weighted by Crippen LogP contribution is 2.25. The van der Waals surface area contributed by atoms with Gasteiger partial charge in [0.05, 0.1) is 0 Å². The normalized spacial score (nSPS) is 15.0. The molecule has 28 heavy (non-hydrogen) atoms. The van der Waals surface area contributed by atoms with Crippen LogP contribution < -0.4 is 10.2 Å². The van der Waals surface area contributed by atoms with Crippen molar-refractivity contribution in [2.45, 2.75) is 26.7 Å². The zero-order chi connectivity index (χ0) is 19.5. The molecule has 0 saturated carbocycles. The molecule has 146 valence electrons. The van der Waals surface area contributed by atoms with E-state index in [2.05, 4.69) is 30.5 Å². The summed E-state index contributed by atoms with van der Waals surface area (Å²) in [5.41, 5.74) is 1.19. The van der Waals surface area contributed by atoms with Gasteiger partial charge in [-0.25, -0.2) is 4.98 Å². The first-order valence-electron chi connectivity index (χ1n) is 9.31. The Hall–Kier alpha value is -3.23. The van der Waals surface area contributed by atoms with Gasteiger partial charge < -0.3 is 19.3 Å². The second kappa shape index (κ2) is 7.79. The molecule has 0 aromatic carbocycles. The molecule has 1 fully saturated rings. The first kappa shape index (κ1) is 18.1. The highest BCUT2D eigenvalue weighted by molar-refractivity contribution is 5.92. The molecule has 0 atom stereocenters. The van der Waals surface area contributed by atoms with Gasteiger partial charge in [-0.05, 0) is 44.7 Å². The number of nitrogens with zero attached hydrogens (tertiary/aromatic N) is 5. The van der Waals surface area contributed by atoms with Crippen molar-refractivity contribution >= 4 is 11.7 Å². The van der Waals surface area contributed by atoms with E-state index in [-0.39, 0.29) is 5.91 Å². The molecule has 0 radical (unpaired) electrons. The van der Waals surface area contributed by atoms with E-state index in [9.17, 15) is 4.79 Å². The molecule has 3 aromatic rings. The van der Waals surface area contributed by atoms with Gasteiger partial charge in [0, 0.05) is 37.5 Å². The van der Waals surface area contributed by atoms with Gasteiger partial charge in [-0.2, -0.15) is 4.98 Å². The van der Waals surface area contributed by atoms with E-state index in [1.165, 1.54) is 0 Å². The number of anilines is 1. The van der Waals surface area contributed by atoms with E-state index in [1.54, 1.807) is 26.1 Å². The maximum absolute atomic E-state index is 12.1. The Morgan fingerprint density at radius 3 is 2.71 bits per heavy atom. The zero-order valence-electron chi connectivity index (χ0n) is 15.9. The molecule has 9 nitrogen and oxygen atoms in total. The highest BCUT2D eigenvalue weighted by Gasteiger charge is 2.22. The lowest BCUT2D eigenvalue weighted by molar-refractivity contribution is 0.0935. The fraction of sp³-hybridized carbons (Fsp3) is 0.421. The van der Waals surface area contributed by atoms with Crippen molar-refractivity contribution in [2.75, 3.05) is 24.5 Å². The highest BCUT2D eigenvalue weighted by atomic mass is 16.5. The van der Waals surface area contributed by atoms with Crippen LogP contribution in [0.5, 0.6) is 0 Å². The van der Waals surface area contributed by atoms with Crippen LogP contribution in [-0.4, -0.2) is 45.8 Å². The summed E-state index contributed by atoms with van der Waals surface area (Å²) in [5, 5.41) is 10.5. The summed E-state index contributed by atoms with van der Waals surface area (Å²) in [6.45, 7) is 5.95. The van der Waals surface area contributed by atoms with Crippen molar-refractivity contribution in [2.24, 2.45) is 5.92 Å². The number of carbonyl (C=O) groups excluding carboxylic acids is 1. The molecular formula is C19H22N6O3. The number of nitrogens with one attached hydrogen (secondary N) is 1. The maximum atomic E-state index is 12.1. The number of hydrogen-bond acceptors (Lipinski definition) is 8. The summed E-state index contributed by atoms with van der Waals surface area (Å²) in [7, 11) is 0. The largest absolute Gasteiger partial charge is 0.361 e. The second-order valence-electron chi connectivity index (χ2n) is 7.01. The van der Waals surface area contributed by atoms with Gasteiger partial charge in [0.15, 0.2) is 11.5 Å². The third-order valence-electron chi connectivity index (χ3n) is 4.87. The minimum atomic E-state index is -0.191. The molecule has 0 spiro atoms. The molecule has 3 aromatic heterocycles. The average Bonchev–Trinajstić information content (AvgIpc) is 3.35. The monoisotopic (exact) mass is 382 g/mol. The predicted molar refractivity (Wildman–Crippen MR) is 101 cm³/mol. The number of amides is 1.